The van der Waals surface area contributed by atoms with Gasteiger partial charge in [0.05, 0.1) is 6.04 Å². The Labute approximate surface area is 138 Å². The van der Waals surface area contributed by atoms with Gasteiger partial charge < -0.3 is 5.32 Å². The molecule has 1 aromatic carbocycles. The van der Waals surface area contributed by atoms with Crippen molar-refractivity contribution in [2.75, 3.05) is 6.54 Å². The highest BCUT2D eigenvalue weighted by Crippen LogP contribution is 2.36. The number of benzene rings is 1. The van der Waals surface area contributed by atoms with Crippen LogP contribution in [0, 0.1) is 13.8 Å². The van der Waals surface area contributed by atoms with Gasteiger partial charge >= 0.3 is 0 Å². The molecule has 0 bridgehead atoms. The average Bonchev–Trinajstić information content (AvgIpc) is 2.71. The summed E-state index contributed by atoms with van der Waals surface area (Å²) in [7, 11) is 0. The van der Waals surface area contributed by atoms with Crippen molar-refractivity contribution in [1.82, 2.24) is 5.32 Å². The SMILES string of the molecule is CCCNC(c1ccc(Cl)cc1Br)c1sc(C)cc1C. The monoisotopic (exact) mass is 371 g/mol. The summed E-state index contributed by atoms with van der Waals surface area (Å²) < 4.78 is 1.06. The lowest BCUT2D eigenvalue weighted by molar-refractivity contribution is 0.602. The molecule has 20 heavy (non-hydrogen) atoms. The molecule has 1 nitrogen and oxygen atoms in total. The number of hydrogen-bond donors (Lipinski definition) is 1. The van der Waals surface area contributed by atoms with E-state index in [0.717, 1.165) is 22.5 Å². The molecule has 1 heterocycles. The van der Waals surface area contributed by atoms with Crippen molar-refractivity contribution in [3.05, 3.63) is 54.6 Å². The molecule has 0 aliphatic heterocycles. The van der Waals surface area contributed by atoms with Gasteiger partial charge in [0.1, 0.15) is 0 Å². The summed E-state index contributed by atoms with van der Waals surface area (Å²) in [6, 6.07) is 8.50. The number of thiophene rings is 1. The van der Waals surface area contributed by atoms with E-state index in [4.69, 9.17) is 11.6 Å². The van der Waals surface area contributed by atoms with Gasteiger partial charge in [-0.1, -0.05) is 40.5 Å². The molecule has 0 saturated heterocycles. The molecular formula is C16H19BrClNS. The maximum atomic E-state index is 6.06. The third kappa shape index (κ3) is 3.64. The van der Waals surface area contributed by atoms with Gasteiger partial charge in [0.25, 0.3) is 0 Å². The molecule has 1 atom stereocenters. The Kier molecular flexibility index (Phi) is 5.67. The number of hydrogen-bond acceptors (Lipinski definition) is 2. The van der Waals surface area contributed by atoms with Crippen molar-refractivity contribution in [3.63, 3.8) is 0 Å². The van der Waals surface area contributed by atoms with E-state index in [1.54, 1.807) is 0 Å². The minimum absolute atomic E-state index is 0.222. The van der Waals surface area contributed by atoms with E-state index in [9.17, 15) is 0 Å². The molecule has 108 valence electrons. The standard InChI is InChI=1S/C16H19BrClNS/c1-4-7-19-15(16-10(2)8-11(3)20-16)13-6-5-12(18)9-14(13)17/h5-6,8-9,15,19H,4,7H2,1-3H3. The lowest BCUT2D eigenvalue weighted by Crippen LogP contribution is -2.23. The molecular weight excluding hydrogens is 354 g/mol. The van der Waals surface area contributed by atoms with Gasteiger partial charge in [-0.15, -0.1) is 11.3 Å². The minimum atomic E-state index is 0.222. The smallest absolute Gasteiger partial charge is 0.0684 e. The first-order valence-electron chi connectivity index (χ1n) is 6.78. The first-order valence-corrected chi connectivity index (χ1v) is 8.77. The normalized spacial score (nSPS) is 12.7. The van der Waals surface area contributed by atoms with Crippen LogP contribution < -0.4 is 5.32 Å². The number of aryl methyl sites for hydroxylation is 2. The van der Waals surface area contributed by atoms with Crippen molar-refractivity contribution in [3.8, 4) is 0 Å². The third-order valence-electron chi connectivity index (χ3n) is 3.21. The van der Waals surface area contributed by atoms with Gasteiger partial charge in [0.2, 0.25) is 0 Å². The number of rotatable bonds is 5. The maximum absolute atomic E-state index is 6.06. The zero-order chi connectivity index (χ0) is 14.7. The van der Waals surface area contributed by atoms with Gasteiger partial charge in [0, 0.05) is 19.2 Å². The van der Waals surface area contributed by atoms with Crippen LogP contribution in [0.3, 0.4) is 0 Å². The molecule has 0 radical (unpaired) electrons. The molecule has 0 saturated carbocycles. The largest absolute Gasteiger partial charge is 0.306 e. The molecule has 0 fully saturated rings. The van der Waals surface area contributed by atoms with Crippen LogP contribution in [0.5, 0.6) is 0 Å². The highest BCUT2D eigenvalue weighted by molar-refractivity contribution is 9.10. The molecule has 2 aromatic rings. The Hall–Kier alpha value is -0.350. The topological polar surface area (TPSA) is 12.0 Å². The first-order chi connectivity index (χ1) is 9.52. The molecule has 1 aromatic heterocycles. The number of halogens is 2. The summed E-state index contributed by atoms with van der Waals surface area (Å²) >= 11 is 11.6. The molecule has 0 aliphatic carbocycles. The van der Waals surface area contributed by atoms with Crippen molar-refractivity contribution in [2.24, 2.45) is 0 Å². The summed E-state index contributed by atoms with van der Waals surface area (Å²) in [5.74, 6) is 0. The van der Waals surface area contributed by atoms with Gasteiger partial charge in [0.15, 0.2) is 0 Å². The zero-order valence-electron chi connectivity index (χ0n) is 12.0. The Morgan fingerprint density at radius 2 is 2.05 bits per heavy atom. The van der Waals surface area contributed by atoms with Crippen LogP contribution in [0.25, 0.3) is 0 Å². The van der Waals surface area contributed by atoms with E-state index in [-0.39, 0.29) is 6.04 Å². The Morgan fingerprint density at radius 1 is 1.30 bits per heavy atom. The fourth-order valence-electron chi connectivity index (χ4n) is 2.31. The zero-order valence-corrected chi connectivity index (χ0v) is 15.1. The van der Waals surface area contributed by atoms with E-state index >= 15 is 0 Å². The fourth-order valence-corrected chi connectivity index (χ4v) is 4.36. The van der Waals surface area contributed by atoms with E-state index < -0.39 is 0 Å². The van der Waals surface area contributed by atoms with Crippen LogP contribution in [0.15, 0.2) is 28.7 Å². The van der Waals surface area contributed by atoms with Crippen LogP contribution >= 0.6 is 38.9 Å². The quantitative estimate of drug-likeness (QED) is 0.692. The van der Waals surface area contributed by atoms with E-state index in [1.807, 2.05) is 23.5 Å². The average molecular weight is 373 g/mol. The minimum Gasteiger partial charge on any atom is -0.306 e. The van der Waals surface area contributed by atoms with Crippen LogP contribution in [0.4, 0.5) is 0 Å². The van der Waals surface area contributed by atoms with Crippen molar-refractivity contribution in [2.45, 2.75) is 33.2 Å². The molecule has 2 rings (SSSR count). The molecule has 0 spiro atoms. The molecule has 4 heteroatoms. The first kappa shape index (κ1) is 16.0. The van der Waals surface area contributed by atoms with Crippen molar-refractivity contribution < 1.29 is 0 Å². The summed E-state index contributed by atoms with van der Waals surface area (Å²) in [5.41, 5.74) is 2.59. The highest BCUT2D eigenvalue weighted by Gasteiger charge is 2.20. The predicted octanol–water partition coefficient (Wildman–Crippen LogP) is 5.87. The molecule has 1 unspecified atom stereocenters. The molecule has 0 aliphatic rings. The van der Waals surface area contributed by atoms with Gasteiger partial charge in [-0.3, -0.25) is 0 Å². The van der Waals surface area contributed by atoms with E-state index in [0.29, 0.717) is 0 Å². The second-order valence-electron chi connectivity index (χ2n) is 4.96. The predicted molar refractivity (Wildman–Crippen MR) is 93.1 cm³/mol. The lowest BCUT2D eigenvalue weighted by Gasteiger charge is -2.20. The summed E-state index contributed by atoms with van der Waals surface area (Å²) in [6.45, 7) is 7.53. The van der Waals surface area contributed by atoms with Crippen LogP contribution in [0.1, 0.15) is 40.3 Å². The molecule has 1 N–H and O–H groups in total. The molecule has 0 amide bonds. The van der Waals surface area contributed by atoms with Gasteiger partial charge in [-0.05, 0) is 56.1 Å². The fraction of sp³-hybridized carbons (Fsp3) is 0.375. The van der Waals surface area contributed by atoms with E-state index in [1.165, 1.54) is 20.9 Å². The second-order valence-corrected chi connectivity index (χ2v) is 7.54. The van der Waals surface area contributed by atoms with Crippen LogP contribution in [-0.4, -0.2) is 6.54 Å². The summed E-state index contributed by atoms with van der Waals surface area (Å²) in [4.78, 5) is 2.74. The van der Waals surface area contributed by atoms with Crippen molar-refractivity contribution in [1.29, 1.82) is 0 Å². The highest BCUT2D eigenvalue weighted by atomic mass is 79.9. The van der Waals surface area contributed by atoms with E-state index in [2.05, 4.69) is 54.2 Å². The lowest BCUT2D eigenvalue weighted by atomic mass is 10.0. The summed E-state index contributed by atoms with van der Waals surface area (Å²) in [5, 5.41) is 4.41. The third-order valence-corrected chi connectivity index (χ3v) is 5.35. The van der Waals surface area contributed by atoms with Crippen LogP contribution in [0.2, 0.25) is 5.02 Å². The van der Waals surface area contributed by atoms with Crippen LogP contribution in [-0.2, 0) is 0 Å². The Balaban J connectivity index is 2.44. The van der Waals surface area contributed by atoms with Crippen molar-refractivity contribution >= 4 is 38.9 Å². The maximum Gasteiger partial charge on any atom is 0.0684 e. The van der Waals surface area contributed by atoms with Gasteiger partial charge in [-0.25, -0.2) is 0 Å². The Morgan fingerprint density at radius 3 is 2.60 bits per heavy atom. The Bertz CT molecular complexity index is 594. The second kappa shape index (κ2) is 7.08. The number of nitrogens with one attached hydrogen (secondary N) is 1. The summed E-state index contributed by atoms with van der Waals surface area (Å²) in [6.07, 6.45) is 1.12. The van der Waals surface area contributed by atoms with Gasteiger partial charge in [-0.2, -0.15) is 0 Å².